The van der Waals surface area contributed by atoms with E-state index < -0.39 is 0 Å². The molecule has 0 spiro atoms. The Morgan fingerprint density at radius 3 is 2.67 bits per heavy atom. The Labute approximate surface area is 174 Å². The first-order valence-electron chi connectivity index (χ1n) is 10.3. The van der Waals surface area contributed by atoms with E-state index >= 15 is 0 Å². The van der Waals surface area contributed by atoms with Crippen LogP contribution in [-0.2, 0) is 16.1 Å². The second-order valence-corrected chi connectivity index (χ2v) is 8.19. The van der Waals surface area contributed by atoms with Crippen molar-refractivity contribution in [3.63, 3.8) is 0 Å². The van der Waals surface area contributed by atoms with E-state index in [2.05, 4.69) is 20.3 Å². The Bertz CT molecular complexity index is 988. The number of hydrogen-bond donors (Lipinski definition) is 0. The molecule has 4 atom stereocenters. The van der Waals surface area contributed by atoms with Crippen molar-refractivity contribution in [2.75, 3.05) is 20.2 Å². The largest absolute Gasteiger partial charge is 0.379 e. The summed E-state index contributed by atoms with van der Waals surface area (Å²) in [6, 6.07) is 3.97. The van der Waals surface area contributed by atoms with Crippen molar-refractivity contribution >= 4 is 5.91 Å². The maximum absolute atomic E-state index is 12.7. The van der Waals surface area contributed by atoms with Gasteiger partial charge in [0.1, 0.15) is 12.2 Å². The predicted octanol–water partition coefficient (Wildman–Crippen LogP) is 1.66. The van der Waals surface area contributed by atoms with Gasteiger partial charge >= 0.3 is 0 Å². The molecule has 3 aromatic rings. The van der Waals surface area contributed by atoms with Crippen molar-refractivity contribution in [1.29, 1.82) is 0 Å². The van der Waals surface area contributed by atoms with Gasteiger partial charge in [-0.3, -0.25) is 9.78 Å². The number of hydrogen-bond acceptors (Lipinski definition) is 6. The minimum atomic E-state index is 0.0574. The van der Waals surface area contributed by atoms with E-state index in [1.165, 1.54) is 0 Å². The van der Waals surface area contributed by atoms with Crippen LogP contribution in [0, 0.1) is 11.8 Å². The Balaban J connectivity index is 1.29. The van der Waals surface area contributed by atoms with Gasteiger partial charge < -0.3 is 14.2 Å². The molecule has 1 aliphatic heterocycles. The number of ether oxygens (including phenoxy) is 1. The van der Waals surface area contributed by atoms with E-state index in [0.717, 1.165) is 37.2 Å². The third-order valence-electron chi connectivity index (χ3n) is 6.44. The van der Waals surface area contributed by atoms with Gasteiger partial charge in [0.25, 0.3) is 0 Å². The Hall–Kier alpha value is -3.07. The van der Waals surface area contributed by atoms with Crippen LogP contribution in [0.2, 0.25) is 0 Å². The fourth-order valence-electron chi connectivity index (χ4n) is 4.86. The lowest BCUT2D eigenvalue weighted by Crippen LogP contribution is -2.37. The summed E-state index contributed by atoms with van der Waals surface area (Å²) in [4.78, 5) is 22.8. The number of amides is 1. The summed E-state index contributed by atoms with van der Waals surface area (Å²) in [6.07, 6.45) is 12.6. The standard InChI is InChI=1S/C21H25N7O2/c1-30-20-9-17-11-27(21(29)13-26-7-6-23-14-26)10-16(17)8-19(20)28-12-18(24-25-28)15-2-4-22-5-3-15/h2-7,12,14,16-17,19-20H,8-11,13H2,1H3/t16-,17+,19-,20-/m1/s1. The summed E-state index contributed by atoms with van der Waals surface area (Å²) in [5, 5.41) is 8.77. The minimum Gasteiger partial charge on any atom is -0.379 e. The highest BCUT2D eigenvalue weighted by molar-refractivity contribution is 5.76. The molecule has 4 heterocycles. The van der Waals surface area contributed by atoms with Crippen molar-refractivity contribution < 1.29 is 9.53 Å². The lowest BCUT2D eigenvalue weighted by molar-refractivity contribution is -0.131. The van der Waals surface area contributed by atoms with Gasteiger partial charge in [0, 0.05) is 50.6 Å². The minimum absolute atomic E-state index is 0.0574. The smallest absolute Gasteiger partial charge is 0.242 e. The molecule has 0 N–H and O–H groups in total. The van der Waals surface area contributed by atoms with Crippen LogP contribution in [0.5, 0.6) is 0 Å². The van der Waals surface area contributed by atoms with E-state index in [4.69, 9.17) is 4.74 Å². The molecule has 2 aliphatic rings. The number of pyridine rings is 1. The number of nitrogens with zero attached hydrogens (tertiary/aromatic N) is 7. The van der Waals surface area contributed by atoms with Gasteiger partial charge in [0.05, 0.1) is 24.7 Å². The average molecular weight is 407 g/mol. The summed E-state index contributed by atoms with van der Waals surface area (Å²) in [5.41, 5.74) is 1.83. The number of aromatic nitrogens is 6. The van der Waals surface area contributed by atoms with Gasteiger partial charge in [0.2, 0.25) is 5.91 Å². The highest BCUT2D eigenvalue weighted by Gasteiger charge is 2.44. The average Bonchev–Trinajstić information content (AvgIpc) is 3.53. The van der Waals surface area contributed by atoms with E-state index in [1.807, 2.05) is 38.7 Å². The van der Waals surface area contributed by atoms with Crippen LogP contribution in [0.25, 0.3) is 11.3 Å². The van der Waals surface area contributed by atoms with Gasteiger partial charge in [-0.25, -0.2) is 9.67 Å². The summed E-state index contributed by atoms with van der Waals surface area (Å²) in [7, 11) is 1.76. The molecule has 0 bridgehead atoms. The van der Waals surface area contributed by atoms with E-state index in [9.17, 15) is 4.79 Å². The SMILES string of the molecule is CO[C@@H]1C[C@H]2CN(C(=O)Cn3ccnc3)C[C@H]2C[C@H]1n1cc(-c2ccncc2)nn1. The van der Waals surface area contributed by atoms with Crippen LogP contribution in [0.4, 0.5) is 0 Å². The fourth-order valence-corrected chi connectivity index (χ4v) is 4.86. The van der Waals surface area contributed by atoms with Crippen molar-refractivity contribution in [2.24, 2.45) is 11.8 Å². The van der Waals surface area contributed by atoms with Crippen molar-refractivity contribution in [3.8, 4) is 11.3 Å². The third-order valence-corrected chi connectivity index (χ3v) is 6.44. The molecule has 9 heteroatoms. The van der Waals surface area contributed by atoms with Gasteiger partial charge in [-0.2, -0.15) is 0 Å². The molecule has 0 radical (unpaired) electrons. The Morgan fingerprint density at radius 2 is 1.93 bits per heavy atom. The zero-order chi connectivity index (χ0) is 20.5. The number of fused-ring (bicyclic) bond motifs is 1. The zero-order valence-electron chi connectivity index (χ0n) is 16.9. The quantitative estimate of drug-likeness (QED) is 0.639. The zero-order valence-corrected chi connectivity index (χ0v) is 16.9. The summed E-state index contributed by atoms with van der Waals surface area (Å²) in [6.45, 7) is 1.93. The highest BCUT2D eigenvalue weighted by Crippen LogP contribution is 2.42. The normalized spacial score (nSPS) is 26.0. The van der Waals surface area contributed by atoms with E-state index in [1.54, 1.807) is 32.0 Å². The number of methoxy groups -OCH3 is 1. The molecule has 30 heavy (non-hydrogen) atoms. The van der Waals surface area contributed by atoms with E-state index in [0.29, 0.717) is 18.4 Å². The summed E-state index contributed by atoms with van der Waals surface area (Å²) >= 11 is 0. The van der Waals surface area contributed by atoms with Crippen molar-refractivity contribution in [2.45, 2.75) is 31.5 Å². The van der Waals surface area contributed by atoms with Crippen LogP contribution < -0.4 is 0 Å². The Morgan fingerprint density at radius 1 is 1.13 bits per heavy atom. The van der Waals surface area contributed by atoms with Crippen LogP contribution >= 0.6 is 0 Å². The molecule has 1 saturated heterocycles. The van der Waals surface area contributed by atoms with Crippen LogP contribution in [-0.4, -0.2) is 66.6 Å². The number of imidazole rings is 1. The molecule has 1 amide bonds. The second kappa shape index (κ2) is 7.98. The number of carbonyl (C=O) groups excluding carboxylic acids is 1. The monoisotopic (exact) mass is 407 g/mol. The molecular weight excluding hydrogens is 382 g/mol. The van der Waals surface area contributed by atoms with E-state index in [-0.39, 0.29) is 18.1 Å². The first kappa shape index (κ1) is 18.9. The molecule has 9 nitrogen and oxygen atoms in total. The topological polar surface area (TPSA) is 91.0 Å². The van der Waals surface area contributed by atoms with Crippen LogP contribution in [0.1, 0.15) is 18.9 Å². The maximum Gasteiger partial charge on any atom is 0.242 e. The highest BCUT2D eigenvalue weighted by atomic mass is 16.5. The van der Waals surface area contributed by atoms with Crippen molar-refractivity contribution in [1.82, 2.24) is 34.4 Å². The Kier molecular flexibility index (Phi) is 5.04. The summed E-state index contributed by atoms with van der Waals surface area (Å²) in [5.74, 6) is 1.05. The van der Waals surface area contributed by atoms with Crippen LogP contribution in [0.3, 0.4) is 0 Å². The molecule has 156 valence electrons. The lowest BCUT2D eigenvalue weighted by atomic mass is 9.77. The van der Waals surface area contributed by atoms with Crippen molar-refractivity contribution in [3.05, 3.63) is 49.4 Å². The number of rotatable bonds is 5. The maximum atomic E-state index is 12.7. The van der Waals surface area contributed by atoms with Crippen LogP contribution in [0.15, 0.2) is 49.4 Å². The van der Waals surface area contributed by atoms with Gasteiger partial charge in [0.15, 0.2) is 0 Å². The molecular formula is C21H25N7O2. The number of carbonyl (C=O) groups is 1. The lowest BCUT2D eigenvalue weighted by Gasteiger charge is -2.36. The fraction of sp³-hybridized carbons (Fsp3) is 0.476. The second-order valence-electron chi connectivity index (χ2n) is 8.19. The molecule has 0 unspecified atom stereocenters. The predicted molar refractivity (Wildman–Crippen MR) is 108 cm³/mol. The van der Waals surface area contributed by atoms with Gasteiger partial charge in [-0.15, -0.1) is 5.10 Å². The molecule has 1 aliphatic carbocycles. The first-order chi connectivity index (χ1) is 14.7. The first-order valence-corrected chi connectivity index (χ1v) is 10.3. The molecule has 3 aromatic heterocycles. The molecule has 1 saturated carbocycles. The van der Waals surface area contributed by atoms with Gasteiger partial charge in [-0.05, 0) is 36.8 Å². The third kappa shape index (κ3) is 3.60. The summed E-state index contributed by atoms with van der Waals surface area (Å²) < 4.78 is 9.61. The molecule has 5 rings (SSSR count). The molecule has 2 fully saturated rings. The van der Waals surface area contributed by atoms with Gasteiger partial charge in [-0.1, -0.05) is 5.21 Å². The molecule has 0 aromatic carbocycles. The number of likely N-dealkylation sites (tertiary alicyclic amines) is 1.